The maximum Gasteiger partial charge on any atom is 0.0674 e. The minimum Gasteiger partial charge on any atom is -0.316 e. The van der Waals surface area contributed by atoms with E-state index in [9.17, 15) is 0 Å². The summed E-state index contributed by atoms with van der Waals surface area (Å²) in [5.41, 5.74) is 4.02. The largest absolute Gasteiger partial charge is 0.316 e. The van der Waals surface area contributed by atoms with Gasteiger partial charge in [0.05, 0.1) is 17.6 Å². The Labute approximate surface area is 152 Å². The van der Waals surface area contributed by atoms with Crippen LogP contribution in [0.15, 0.2) is 84.0 Å². The molecule has 0 N–H and O–H groups in total. The number of halogens is 1. The van der Waals surface area contributed by atoms with E-state index in [1.54, 1.807) is 0 Å². The van der Waals surface area contributed by atoms with E-state index in [2.05, 4.69) is 64.3 Å². The molecule has 0 spiro atoms. The molecule has 0 unspecified atom stereocenters. The second-order valence-corrected chi connectivity index (χ2v) is 6.38. The minimum atomic E-state index is 0.736. The lowest BCUT2D eigenvalue weighted by molar-refractivity contribution is 1.07. The average molecular weight is 345 g/mol. The van der Waals surface area contributed by atoms with Gasteiger partial charge in [-0.1, -0.05) is 48.0 Å². The first-order chi connectivity index (χ1) is 12.2. The van der Waals surface area contributed by atoms with E-state index in [1.165, 1.54) is 10.8 Å². The molecule has 0 atom stereocenters. The highest BCUT2D eigenvalue weighted by atomic mass is 35.5. The normalized spacial score (nSPS) is 11.4. The summed E-state index contributed by atoms with van der Waals surface area (Å²) in [5, 5.41) is 3.20. The zero-order valence-electron chi connectivity index (χ0n) is 13.9. The summed E-state index contributed by atoms with van der Waals surface area (Å²) in [6.07, 6.45) is 3.93. The van der Waals surface area contributed by atoms with E-state index < -0.39 is 0 Å². The first kappa shape index (κ1) is 15.7. The number of aliphatic imine (C=N–C) groups is 1. The van der Waals surface area contributed by atoms with E-state index in [1.807, 2.05) is 37.4 Å². The lowest BCUT2D eigenvalue weighted by Crippen LogP contribution is -1.97. The second kappa shape index (κ2) is 6.58. The van der Waals surface area contributed by atoms with Crippen LogP contribution in [0, 0.1) is 6.92 Å². The van der Waals surface area contributed by atoms with E-state index in [-0.39, 0.29) is 0 Å². The molecule has 3 heteroatoms. The van der Waals surface area contributed by atoms with Gasteiger partial charge in [0.25, 0.3) is 0 Å². The summed E-state index contributed by atoms with van der Waals surface area (Å²) in [7, 11) is 0. The third-order valence-electron chi connectivity index (χ3n) is 4.37. The summed E-state index contributed by atoms with van der Waals surface area (Å²) >= 11 is 6.18. The molecule has 0 aliphatic rings. The number of rotatable bonds is 3. The van der Waals surface area contributed by atoms with Crippen LogP contribution in [0.1, 0.15) is 11.3 Å². The molecule has 0 saturated heterocycles. The first-order valence-corrected chi connectivity index (χ1v) is 8.56. The van der Waals surface area contributed by atoms with Crippen molar-refractivity contribution in [2.75, 3.05) is 0 Å². The lowest BCUT2D eigenvalue weighted by atomic mass is 10.1. The standard InChI is InChI=1S/C22H17ClN2/c1-16-21(23)9-4-10-22(16)24-15-20-8-5-13-25(20)19-12-11-17-6-2-3-7-18(17)14-19/h2-15H,1H3. The topological polar surface area (TPSA) is 17.3 Å². The average Bonchev–Trinajstić information content (AvgIpc) is 3.11. The molecule has 1 heterocycles. The predicted molar refractivity (Wildman–Crippen MR) is 107 cm³/mol. The van der Waals surface area contributed by atoms with Crippen molar-refractivity contribution in [2.45, 2.75) is 6.92 Å². The number of nitrogens with zero attached hydrogens (tertiary/aromatic N) is 2. The molecule has 4 rings (SSSR count). The molecule has 3 aromatic carbocycles. The number of fused-ring (bicyclic) bond motifs is 1. The van der Waals surface area contributed by atoms with Gasteiger partial charge in [0, 0.05) is 16.9 Å². The third-order valence-corrected chi connectivity index (χ3v) is 4.78. The smallest absolute Gasteiger partial charge is 0.0674 e. The Morgan fingerprint density at radius 3 is 2.60 bits per heavy atom. The van der Waals surface area contributed by atoms with Gasteiger partial charge in [-0.25, -0.2) is 0 Å². The van der Waals surface area contributed by atoms with E-state index in [4.69, 9.17) is 11.6 Å². The van der Waals surface area contributed by atoms with E-state index in [0.29, 0.717) is 0 Å². The van der Waals surface area contributed by atoms with Crippen molar-refractivity contribution in [3.8, 4) is 5.69 Å². The zero-order chi connectivity index (χ0) is 17.2. The van der Waals surface area contributed by atoms with Crippen molar-refractivity contribution in [1.82, 2.24) is 4.57 Å². The van der Waals surface area contributed by atoms with Crippen LogP contribution < -0.4 is 0 Å². The monoisotopic (exact) mass is 344 g/mol. The Hall–Kier alpha value is -2.84. The Bertz CT molecular complexity index is 1080. The molecule has 0 aliphatic carbocycles. The third kappa shape index (κ3) is 3.09. The van der Waals surface area contributed by atoms with Crippen LogP contribution in [-0.2, 0) is 0 Å². The van der Waals surface area contributed by atoms with Crippen LogP contribution in [0.25, 0.3) is 16.5 Å². The highest BCUT2D eigenvalue weighted by molar-refractivity contribution is 6.31. The number of hydrogen-bond donors (Lipinski definition) is 0. The summed E-state index contributed by atoms with van der Waals surface area (Å²) in [6.45, 7) is 1.98. The predicted octanol–water partition coefficient (Wildman–Crippen LogP) is 6.34. The molecule has 2 nitrogen and oxygen atoms in total. The Morgan fingerprint density at radius 1 is 0.880 bits per heavy atom. The van der Waals surface area contributed by atoms with Gasteiger partial charge < -0.3 is 4.57 Å². The quantitative estimate of drug-likeness (QED) is 0.386. The summed E-state index contributed by atoms with van der Waals surface area (Å²) < 4.78 is 2.13. The highest BCUT2D eigenvalue weighted by Gasteiger charge is 2.04. The molecule has 0 bridgehead atoms. The zero-order valence-corrected chi connectivity index (χ0v) is 14.6. The molecule has 0 radical (unpaired) electrons. The van der Waals surface area contributed by atoms with Crippen molar-refractivity contribution in [2.24, 2.45) is 4.99 Å². The Balaban J connectivity index is 1.72. The van der Waals surface area contributed by atoms with Crippen molar-refractivity contribution < 1.29 is 0 Å². The molecule has 0 fully saturated rings. The van der Waals surface area contributed by atoms with Gasteiger partial charge in [0.1, 0.15) is 0 Å². The highest BCUT2D eigenvalue weighted by Crippen LogP contribution is 2.25. The minimum absolute atomic E-state index is 0.736. The van der Waals surface area contributed by atoms with Crippen LogP contribution in [0.2, 0.25) is 5.02 Å². The Kier molecular flexibility index (Phi) is 4.12. The van der Waals surface area contributed by atoms with Gasteiger partial charge in [-0.2, -0.15) is 0 Å². The van der Waals surface area contributed by atoms with Gasteiger partial charge in [0.2, 0.25) is 0 Å². The summed E-state index contributed by atoms with van der Waals surface area (Å²) in [4.78, 5) is 4.63. The molecule has 0 amide bonds. The lowest BCUT2D eigenvalue weighted by Gasteiger charge is -2.08. The SMILES string of the molecule is Cc1c(Cl)cccc1N=Cc1cccn1-c1ccc2ccccc2c1. The molecule has 0 saturated carbocycles. The van der Waals surface area contributed by atoms with Gasteiger partial charge in [-0.3, -0.25) is 4.99 Å². The van der Waals surface area contributed by atoms with Gasteiger partial charge in [-0.15, -0.1) is 0 Å². The fourth-order valence-corrected chi connectivity index (χ4v) is 3.10. The van der Waals surface area contributed by atoms with Crippen molar-refractivity contribution >= 4 is 34.3 Å². The molecule has 25 heavy (non-hydrogen) atoms. The molecule has 122 valence electrons. The molecule has 0 aliphatic heterocycles. The number of hydrogen-bond acceptors (Lipinski definition) is 1. The van der Waals surface area contributed by atoms with Gasteiger partial charge in [-0.05, 0) is 59.7 Å². The van der Waals surface area contributed by atoms with Crippen LogP contribution >= 0.6 is 11.6 Å². The maximum absolute atomic E-state index is 6.18. The van der Waals surface area contributed by atoms with Crippen molar-refractivity contribution in [3.05, 3.63) is 95.3 Å². The number of benzene rings is 3. The molecular formula is C22H17ClN2. The van der Waals surface area contributed by atoms with E-state index >= 15 is 0 Å². The fourth-order valence-electron chi connectivity index (χ4n) is 2.93. The fraction of sp³-hybridized carbons (Fsp3) is 0.0455. The molecule has 4 aromatic rings. The van der Waals surface area contributed by atoms with Gasteiger partial charge >= 0.3 is 0 Å². The van der Waals surface area contributed by atoms with Crippen LogP contribution in [-0.4, -0.2) is 10.8 Å². The maximum atomic E-state index is 6.18. The van der Waals surface area contributed by atoms with Crippen molar-refractivity contribution in [3.63, 3.8) is 0 Å². The van der Waals surface area contributed by atoms with Crippen LogP contribution in [0.3, 0.4) is 0 Å². The summed E-state index contributed by atoms with van der Waals surface area (Å²) in [6, 6.07) is 24.7. The second-order valence-electron chi connectivity index (χ2n) is 5.98. The molecule has 1 aromatic heterocycles. The van der Waals surface area contributed by atoms with Crippen LogP contribution in [0.5, 0.6) is 0 Å². The van der Waals surface area contributed by atoms with E-state index in [0.717, 1.165) is 27.7 Å². The number of aromatic nitrogens is 1. The molecular weight excluding hydrogens is 328 g/mol. The van der Waals surface area contributed by atoms with Crippen molar-refractivity contribution in [1.29, 1.82) is 0 Å². The Morgan fingerprint density at radius 2 is 1.72 bits per heavy atom. The summed E-state index contributed by atoms with van der Waals surface area (Å²) in [5.74, 6) is 0. The van der Waals surface area contributed by atoms with Gasteiger partial charge in [0.15, 0.2) is 0 Å². The van der Waals surface area contributed by atoms with Crippen LogP contribution in [0.4, 0.5) is 5.69 Å². The first-order valence-electron chi connectivity index (χ1n) is 8.18.